The van der Waals surface area contributed by atoms with E-state index in [1.54, 1.807) is 4.90 Å². The second-order valence-corrected chi connectivity index (χ2v) is 5.57. The Morgan fingerprint density at radius 2 is 2.15 bits per heavy atom. The lowest BCUT2D eigenvalue weighted by Crippen LogP contribution is -2.26. The van der Waals surface area contributed by atoms with Crippen LogP contribution in [0.2, 0.25) is 0 Å². The summed E-state index contributed by atoms with van der Waals surface area (Å²) in [5.41, 5.74) is 3.98. The van der Waals surface area contributed by atoms with Crippen molar-refractivity contribution in [2.75, 3.05) is 7.05 Å². The van der Waals surface area contributed by atoms with Gasteiger partial charge in [0.2, 0.25) is 0 Å². The SMILES string of the molecule is Cc1ccccc1CN(C)C(=O)c1cc(C2CC2)[nH]n1. The molecule has 0 spiro atoms. The van der Waals surface area contributed by atoms with Gasteiger partial charge in [-0.3, -0.25) is 9.89 Å². The van der Waals surface area contributed by atoms with Crippen molar-refractivity contribution in [3.05, 3.63) is 52.8 Å². The lowest BCUT2D eigenvalue weighted by Gasteiger charge is -2.17. The van der Waals surface area contributed by atoms with E-state index in [0.717, 1.165) is 5.69 Å². The summed E-state index contributed by atoms with van der Waals surface area (Å²) in [5, 5.41) is 7.13. The Labute approximate surface area is 118 Å². The highest BCUT2D eigenvalue weighted by molar-refractivity contribution is 5.92. The van der Waals surface area contributed by atoms with Gasteiger partial charge >= 0.3 is 0 Å². The van der Waals surface area contributed by atoms with Crippen LogP contribution in [-0.4, -0.2) is 28.1 Å². The fourth-order valence-electron chi connectivity index (χ4n) is 2.36. The van der Waals surface area contributed by atoms with Crippen LogP contribution in [-0.2, 0) is 6.54 Å². The second kappa shape index (κ2) is 5.12. The van der Waals surface area contributed by atoms with Crippen molar-refractivity contribution >= 4 is 5.91 Å². The van der Waals surface area contributed by atoms with Crippen LogP contribution in [0.5, 0.6) is 0 Å². The van der Waals surface area contributed by atoms with E-state index < -0.39 is 0 Å². The van der Waals surface area contributed by atoms with E-state index in [2.05, 4.69) is 29.3 Å². The molecule has 4 heteroatoms. The highest BCUT2D eigenvalue weighted by Gasteiger charge is 2.27. The molecule has 1 aliphatic carbocycles. The van der Waals surface area contributed by atoms with Crippen LogP contribution < -0.4 is 0 Å². The smallest absolute Gasteiger partial charge is 0.274 e. The Morgan fingerprint density at radius 3 is 2.85 bits per heavy atom. The maximum Gasteiger partial charge on any atom is 0.274 e. The number of hydrogen-bond acceptors (Lipinski definition) is 2. The molecule has 1 aromatic heterocycles. The average molecular weight is 269 g/mol. The molecule has 0 radical (unpaired) electrons. The van der Waals surface area contributed by atoms with Gasteiger partial charge in [0.1, 0.15) is 5.69 Å². The zero-order chi connectivity index (χ0) is 14.1. The summed E-state index contributed by atoms with van der Waals surface area (Å²) in [4.78, 5) is 14.1. The summed E-state index contributed by atoms with van der Waals surface area (Å²) < 4.78 is 0. The number of aromatic nitrogens is 2. The Morgan fingerprint density at radius 1 is 1.40 bits per heavy atom. The highest BCUT2D eigenvalue weighted by Crippen LogP contribution is 2.39. The monoisotopic (exact) mass is 269 g/mol. The molecule has 0 bridgehead atoms. The quantitative estimate of drug-likeness (QED) is 0.927. The van der Waals surface area contributed by atoms with Crippen LogP contribution in [0.15, 0.2) is 30.3 Å². The van der Waals surface area contributed by atoms with Gasteiger partial charge < -0.3 is 4.90 Å². The first kappa shape index (κ1) is 12.9. The number of nitrogens with zero attached hydrogens (tertiary/aromatic N) is 2. The van der Waals surface area contributed by atoms with Crippen molar-refractivity contribution < 1.29 is 4.79 Å². The molecule has 0 aliphatic heterocycles. The van der Waals surface area contributed by atoms with Gasteiger partial charge in [0.25, 0.3) is 5.91 Å². The third-order valence-electron chi connectivity index (χ3n) is 3.85. The van der Waals surface area contributed by atoms with Gasteiger partial charge in [-0.25, -0.2) is 0 Å². The number of carbonyl (C=O) groups is 1. The van der Waals surface area contributed by atoms with E-state index in [4.69, 9.17) is 0 Å². The second-order valence-electron chi connectivity index (χ2n) is 5.57. The molecular formula is C16H19N3O. The van der Waals surface area contributed by atoms with E-state index >= 15 is 0 Å². The largest absolute Gasteiger partial charge is 0.336 e. The van der Waals surface area contributed by atoms with Crippen LogP contribution in [0.3, 0.4) is 0 Å². The molecular weight excluding hydrogens is 250 g/mol. The van der Waals surface area contributed by atoms with Crippen molar-refractivity contribution in [2.24, 2.45) is 0 Å². The van der Waals surface area contributed by atoms with Crippen LogP contribution in [0.4, 0.5) is 0 Å². The zero-order valence-corrected chi connectivity index (χ0v) is 11.9. The molecule has 1 N–H and O–H groups in total. The lowest BCUT2D eigenvalue weighted by molar-refractivity contribution is 0.0779. The normalized spacial score (nSPS) is 14.3. The van der Waals surface area contributed by atoms with Crippen LogP contribution in [0, 0.1) is 6.92 Å². The van der Waals surface area contributed by atoms with Gasteiger partial charge in [0.15, 0.2) is 0 Å². The van der Waals surface area contributed by atoms with E-state index in [1.165, 1.54) is 24.0 Å². The molecule has 0 unspecified atom stereocenters. The average Bonchev–Trinajstić information content (AvgIpc) is 3.18. The minimum Gasteiger partial charge on any atom is -0.336 e. The molecule has 1 aromatic carbocycles. The maximum absolute atomic E-state index is 12.4. The minimum atomic E-state index is -0.0311. The fraction of sp³-hybridized carbons (Fsp3) is 0.375. The predicted octanol–water partition coefficient (Wildman–Crippen LogP) is 2.87. The van der Waals surface area contributed by atoms with E-state index in [9.17, 15) is 4.79 Å². The number of carbonyl (C=O) groups excluding carboxylic acids is 1. The molecule has 0 saturated heterocycles. The Kier molecular flexibility index (Phi) is 3.30. The van der Waals surface area contributed by atoms with E-state index in [-0.39, 0.29) is 5.91 Å². The fourth-order valence-corrected chi connectivity index (χ4v) is 2.36. The molecule has 1 fully saturated rings. The van der Waals surface area contributed by atoms with E-state index in [1.807, 2.05) is 25.2 Å². The number of amides is 1. The number of rotatable bonds is 4. The summed E-state index contributed by atoms with van der Waals surface area (Å²) in [6, 6.07) is 10.0. The number of benzene rings is 1. The molecule has 1 saturated carbocycles. The third-order valence-corrected chi connectivity index (χ3v) is 3.85. The van der Waals surface area contributed by atoms with Gasteiger partial charge in [-0.05, 0) is 37.0 Å². The molecule has 104 valence electrons. The predicted molar refractivity (Wildman–Crippen MR) is 77.5 cm³/mol. The van der Waals surface area contributed by atoms with Crippen LogP contribution in [0.25, 0.3) is 0 Å². The van der Waals surface area contributed by atoms with Crippen molar-refractivity contribution in [3.63, 3.8) is 0 Å². The molecule has 4 nitrogen and oxygen atoms in total. The van der Waals surface area contributed by atoms with Crippen molar-refractivity contribution in [1.29, 1.82) is 0 Å². The van der Waals surface area contributed by atoms with Crippen molar-refractivity contribution in [2.45, 2.75) is 32.2 Å². The number of H-pyrrole nitrogens is 1. The van der Waals surface area contributed by atoms with Gasteiger partial charge in [-0.15, -0.1) is 0 Å². The van der Waals surface area contributed by atoms with E-state index in [0.29, 0.717) is 18.2 Å². The van der Waals surface area contributed by atoms with Gasteiger partial charge in [0.05, 0.1) is 0 Å². The Hall–Kier alpha value is -2.10. The number of aromatic amines is 1. The number of aryl methyl sites for hydroxylation is 1. The maximum atomic E-state index is 12.4. The Bertz CT molecular complexity index is 628. The molecule has 1 aliphatic rings. The number of hydrogen-bond donors (Lipinski definition) is 1. The van der Waals surface area contributed by atoms with Gasteiger partial charge in [-0.1, -0.05) is 24.3 Å². The topological polar surface area (TPSA) is 49.0 Å². The van der Waals surface area contributed by atoms with Crippen LogP contribution in [0.1, 0.15) is 46.1 Å². The first-order chi connectivity index (χ1) is 9.65. The summed E-state index contributed by atoms with van der Waals surface area (Å²) in [6.45, 7) is 2.67. The molecule has 3 rings (SSSR count). The molecule has 20 heavy (non-hydrogen) atoms. The lowest BCUT2D eigenvalue weighted by atomic mass is 10.1. The Balaban J connectivity index is 1.71. The zero-order valence-electron chi connectivity index (χ0n) is 11.9. The summed E-state index contributed by atoms with van der Waals surface area (Å²) in [7, 11) is 1.82. The van der Waals surface area contributed by atoms with Gasteiger partial charge in [-0.2, -0.15) is 5.10 Å². The molecule has 2 aromatic rings. The minimum absolute atomic E-state index is 0.0311. The summed E-state index contributed by atoms with van der Waals surface area (Å²) in [6.07, 6.45) is 2.41. The summed E-state index contributed by atoms with van der Waals surface area (Å²) in [5.74, 6) is 0.558. The van der Waals surface area contributed by atoms with Crippen molar-refractivity contribution in [3.8, 4) is 0 Å². The first-order valence-electron chi connectivity index (χ1n) is 7.00. The van der Waals surface area contributed by atoms with Crippen molar-refractivity contribution in [1.82, 2.24) is 15.1 Å². The molecule has 1 heterocycles. The first-order valence-corrected chi connectivity index (χ1v) is 7.00. The van der Waals surface area contributed by atoms with Crippen LogP contribution >= 0.6 is 0 Å². The summed E-state index contributed by atoms with van der Waals surface area (Å²) >= 11 is 0. The number of nitrogens with one attached hydrogen (secondary N) is 1. The standard InChI is InChI=1S/C16H19N3O/c1-11-5-3-4-6-13(11)10-19(2)16(20)15-9-14(17-18-15)12-7-8-12/h3-6,9,12H,7-8,10H2,1-2H3,(H,17,18). The highest BCUT2D eigenvalue weighted by atomic mass is 16.2. The molecule has 0 atom stereocenters. The van der Waals surface area contributed by atoms with Gasteiger partial charge in [0, 0.05) is 25.2 Å². The third kappa shape index (κ3) is 2.59. The molecule has 1 amide bonds.